The molecule has 1 amide bonds. The van der Waals surface area contributed by atoms with E-state index >= 15 is 0 Å². The van der Waals surface area contributed by atoms with Crippen molar-refractivity contribution in [3.8, 4) is 0 Å². The van der Waals surface area contributed by atoms with Gasteiger partial charge in [0.05, 0.1) is 6.10 Å². The van der Waals surface area contributed by atoms with Crippen molar-refractivity contribution >= 4 is 5.91 Å². The Kier molecular flexibility index (Phi) is 5.34. The molecule has 1 aliphatic heterocycles. The minimum atomic E-state index is -0.191. The number of carbonyl (C=O) groups is 1. The fourth-order valence-electron chi connectivity index (χ4n) is 3.82. The number of amides is 1. The molecule has 1 saturated heterocycles. The number of aliphatic hydroxyl groups is 1. The molecule has 0 spiro atoms. The molecule has 4 atom stereocenters. The number of aliphatic hydroxyl groups excluding tert-OH is 1. The average Bonchev–Trinajstić information content (AvgIpc) is 2.83. The zero-order chi connectivity index (χ0) is 15.6. The molecule has 21 heavy (non-hydrogen) atoms. The van der Waals surface area contributed by atoms with E-state index in [1.807, 2.05) is 0 Å². The van der Waals surface area contributed by atoms with Crippen LogP contribution >= 0.6 is 0 Å². The van der Waals surface area contributed by atoms with Gasteiger partial charge in [-0.15, -0.1) is 0 Å². The van der Waals surface area contributed by atoms with Gasteiger partial charge in [0.1, 0.15) is 0 Å². The third kappa shape index (κ3) is 4.00. The Bertz CT molecular complexity index is 361. The lowest BCUT2D eigenvalue weighted by Crippen LogP contribution is -2.49. The molecular weight excluding hydrogens is 262 g/mol. The largest absolute Gasteiger partial charge is 0.393 e. The number of hydrogen-bond acceptors (Lipinski definition) is 2. The molecule has 2 rings (SSSR count). The maximum absolute atomic E-state index is 12.8. The fourth-order valence-corrected chi connectivity index (χ4v) is 3.82. The van der Waals surface area contributed by atoms with Crippen molar-refractivity contribution < 1.29 is 9.90 Å². The molecule has 1 N–H and O–H groups in total. The van der Waals surface area contributed by atoms with Gasteiger partial charge >= 0.3 is 0 Å². The molecule has 4 unspecified atom stereocenters. The highest BCUT2D eigenvalue weighted by atomic mass is 16.3. The van der Waals surface area contributed by atoms with E-state index in [-0.39, 0.29) is 17.6 Å². The van der Waals surface area contributed by atoms with Gasteiger partial charge in [-0.1, -0.05) is 34.1 Å². The van der Waals surface area contributed by atoms with E-state index in [4.69, 9.17) is 0 Å². The predicted octanol–water partition coefficient (Wildman–Crippen LogP) is 3.60. The molecule has 3 nitrogen and oxygen atoms in total. The van der Waals surface area contributed by atoms with Crippen LogP contribution in [0.25, 0.3) is 0 Å². The summed E-state index contributed by atoms with van der Waals surface area (Å²) in [5, 5.41) is 10.2. The van der Waals surface area contributed by atoms with Crippen molar-refractivity contribution in [2.24, 2.45) is 17.3 Å². The SMILES string of the molecule is CC(CC(=O)N1CCCCC1C1CCCC1O)C(C)(C)C. The molecule has 122 valence electrons. The van der Waals surface area contributed by atoms with E-state index in [1.165, 1.54) is 6.42 Å². The second-order valence-corrected chi connectivity index (χ2v) is 8.28. The molecule has 2 fully saturated rings. The van der Waals surface area contributed by atoms with Gasteiger partial charge in [0.15, 0.2) is 0 Å². The van der Waals surface area contributed by atoms with Gasteiger partial charge in [-0.05, 0) is 43.4 Å². The first-order valence-electron chi connectivity index (χ1n) is 8.78. The van der Waals surface area contributed by atoms with Crippen molar-refractivity contribution in [3.05, 3.63) is 0 Å². The number of rotatable bonds is 3. The third-order valence-corrected chi connectivity index (χ3v) is 5.85. The standard InChI is InChI=1S/C18H33NO2/c1-13(18(2,3)4)12-17(21)19-11-6-5-9-15(19)14-8-7-10-16(14)20/h13-16,20H,5-12H2,1-4H3. The zero-order valence-corrected chi connectivity index (χ0v) is 14.3. The average molecular weight is 295 g/mol. The van der Waals surface area contributed by atoms with Crippen molar-refractivity contribution in [2.75, 3.05) is 6.54 Å². The summed E-state index contributed by atoms with van der Waals surface area (Å²) in [7, 11) is 0. The van der Waals surface area contributed by atoms with Crippen molar-refractivity contribution in [3.63, 3.8) is 0 Å². The highest BCUT2D eigenvalue weighted by Gasteiger charge is 2.39. The Morgan fingerprint density at radius 1 is 1.19 bits per heavy atom. The number of hydrogen-bond donors (Lipinski definition) is 1. The summed E-state index contributed by atoms with van der Waals surface area (Å²) in [6, 6.07) is 0.288. The van der Waals surface area contributed by atoms with Gasteiger partial charge < -0.3 is 10.0 Å². The highest BCUT2D eigenvalue weighted by molar-refractivity contribution is 5.77. The predicted molar refractivity (Wildman–Crippen MR) is 85.9 cm³/mol. The van der Waals surface area contributed by atoms with Crippen LogP contribution in [0.3, 0.4) is 0 Å². The van der Waals surface area contributed by atoms with Crippen LogP contribution in [0.1, 0.15) is 72.6 Å². The van der Waals surface area contributed by atoms with Gasteiger partial charge in [0.25, 0.3) is 0 Å². The minimum absolute atomic E-state index is 0.174. The van der Waals surface area contributed by atoms with Crippen LogP contribution in [0.2, 0.25) is 0 Å². The first-order chi connectivity index (χ1) is 9.80. The Hall–Kier alpha value is -0.570. The molecular formula is C18H33NO2. The Balaban J connectivity index is 2.02. The van der Waals surface area contributed by atoms with Crippen molar-refractivity contribution in [1.29, 1.82) is 0 Å². The molecule has 0 aromatic carbocycles. The molecule has 0 radical (unpaired) electrons. The quantitative estimate of drug-likeness (QED) is 0.864. The normalized spacial score (nSPS) is 32.2. The summed E-state index contributed by atoms with van der Waals surface area (Å²) in [5.74, 6) is 1.02. The first kappa shape index (κ1) is 16.8. The van der Waals surface area contributed by atoms with E-state index in [1.54, 1.807) is 0 Å². The van der Waals surface area contributed by atoms with Crippen LogP contribution in [0.4, 0.5) is 0 Å². The number of carbonyl (C=O) groups excluding carboxylic acids is 1. The van der Waals surface area contributed by atoms with Gasteiger partial charge in [-0.3, -0.25) is 4.79 Å². The summed E-state index contributed by atoms with van der Waals surface area (Å²) in [4.78, 5) is 14.9. The molecule has 0 bridgehead atoms. The maximum Gasteiger partial charge on any atom is 0.223 e. The summed E-state index contributed by atoms with van der Waals surface area (Å²) in [6.45, 7) is 9.70. The Morgan fingerprint density at radius 3 is 2.48 bits per heavy atom. The monoisotopic (exact) mass is 295 g/mol. The number of nitrogens with zero attached hydrogens (tertiary/aromatic N) is 1. The molecule has 2 aliphatic rings. The second-order valence-electron chi connectivity index (χ2n) is 8.28. The summed E-state index contributed by atoms with van der Waals surface area (Å²) in [6.07, 6.45) is 6.97. The van der Waals surface area contributed by atoms with Gasteiger partial charge in [0.2, 0.25) is 5.91 Å². The zero-order valence-electron chi connectivity index (χ0n) is 14.3. The molecule has 1 aliphatic carbocycles. The van der Waals surface area contributed by atoms with Gasteiger partial charge in [-0.2, -0.15) is 0 Å². The molecule has 3 heteroatoms. The number of likely N-dealkylation sites (tertiary alicyclic amines) is 1. The molecule has 1 saturated carbocycles. The van der Waals surface area contributed by atoms with Crippen LogP contribution in [-0.4, -0.2) is 34.6 Å². The van der Waals surface area contributed by atoms with E-state index in [0.29, 0.717) is 24.2 Å². The third-order valence-electron chi connectivity index (χ3n) is 5.85. The summed E-state index contributed by atoms with van der Waals surface area (Å²) in [5.41, 5.74) is 0.174. The molecule has 0 aromatic heterocycles. The lowest BCUT2D eigenvalue weighted by atomic mass is 9.79. The first-order valence-corrected chi connectivity index (χ1v) is 8.78. The van der Waals surface area contributed by atoms with Crippen molar-refractivity contribution in [1.82, 2.24) is 4.90 Å². The smallest absolute Gasteiger partial charge is 0.223 e. The summed E-state index contributed by atoms with van der Waals surface area (Å²) >= 11 is 0. The maximum atomic E-state index is 12.8. The van der Waals surface area contributed by atoms with E-state index < -0.39 is 0 Å². The molecule has 0 aromatic rings. The highest BCUT2D eigenvalue weighted by Crippen LogP contribution is 2.36. The molecule has 1 heterocycles. The lowest BCUT2D eigenvalue weighted by molar-refractivity contribution is -0.139. The number of piperidine rings is 1. The lowest BCUT2D eigenvalue weighted by Gasteiger charge is -2.41. The summed E-state index contributed by atoms with van der Waals surface area (Å²) < 4.78 is 0. The Morgan fingerprint density at radius 2 is 1.90 bits per heavy atom. The Labute approximate surface area is 130 Å². The van der Waals surface area contributed by atoms with Crippen LogP contribution < -0.4 is 0 Å². The second kappa shape index (κ2) is 6.68. The topological polar surface area (TPSA) is 40.5 Å². The van der Waals surface area contributed by atoms with E-state index in [0.717, 1.165) is 38.6 Å². The van der Waals surface area contributed by atoms with Gasteiger partial charge in [0, 0.05) is 24.9 Å². The van der Waals surface area contributed by atoms with Crippen LogP contribution in [0.15, 0.2) is 0 Å². The van der Waals surface area contributed by atoms with Crippen LogP contribution in [0.5, 0.6) is 0 Å². The van der Waals surface area contributed by atoms with E-state index in [2.05, 4.69) is 32.6 Å². The minimum Gasteiger partial charge on any atom is -0.393 e. The van der Waals surface area contributed by atoms with Crippen LogP contribution in [-0.2, 0) is 4.79 Å². The van der Waals surface area contributed by atoms with Gasteiger partial charge in [-0.25, -0.2) is 0 Å². The van der Waals surface area contributed by atoms with Crippen LogP contribution in [0, 0.1) is 17.3 Å². The fraction of sp³-hybridized carbons (Fsp3) is 0.944. The van der Waals surface area contributed by atoms with Crippen molar-refractivity contribution in [2.45, 2.75) is 84.8 Å². The van der Waals surface area contributed by atoms with E-state index in [9.17, 15) is 9.90 Å².